The Bertz CT molecular complexity index is 449. The minimum absolute atomic E-state index is 0.0220. The van der Waals surface area contributed by atoms with Crippen LogP contribution in [0.2, 0.25) is 0 Å². The lowest BCUT2D eigenvalue weighted by atomic mass is 10.1. The molecule has 2 N–H and O–H groups in total. The van der Waals surface area contributed by atoms with Crippen LogP contribution in [0.4, 0.5) is 5.69 Å². The van der Waals surface area contributed by atoms with Gasteiger partial charge in [-0.1, -0.05) is 0 Å². The van der Waals surface area contributed by atoms with Gasteiger partial charge in [-0.3, -0.25) is 4.79 Å². The lowest BCUT2D eigenvalue weighted by Gasteiger charge is -2.09. The highest BCUT2D eigenvalue weighted by Gasteiger charge is 2.12. The van der Waals surface area contributed by atoms with Gasteiger partial charge >= 0.3 is 5.97 Å². The van der Waals surface area contributed by atoms with Crippen LogP contribution in [0.25, 0.3) is 0 Å². The van der Waals surface area contributed by atoms with Crippen molar-refractivity contribution in [1.82, 2.24) is 0 Å². The fraction of sp³-hybridized carbons (Fsp3) is 0.273. The average Bonchev–Trinajstić information content (AvgIpc) is 2.31. The third-order valence-electron chi connectivity index (χ3n) is 2.14. The van der Waals surface area contributed by atoms with E-state index in [4.69, 9.17) is 15.7 Å². The van der Waals surface area contributed by atoms with Gasteiger partial charge in [0.1, 0.15) is 5.75 Å². The standard InChI is InChI=1S/C11H12N2O3/c1-15-9-4-7(6-12)3-8(11(9)13)5-10(14)16-2/h3-4H,5,13H2,1-2H3. The van der Waals surface area contributed by atoms with Gasteiger partial charge < -0.3 is 15.2 Å². The maximum Gasteiger partial charge on any atom is 0.310 e. The summed E-state index contributed by atoms with van der Waals surface area (Å²) in [5.41, 5.74) is 7.06. The molecule has 1 rings (SSSR count). The number of methoxy groups -OCH3 is 2. The van der Waals surface area contributed by atoms with Crippen molar-refractivity contribution in [3.05, 3.63) is 23.3 Å². The Balaban J connectivity index is 3.17. The number of rotatable bonds is 3. The first-order valence-corrected chi connectivity index (χ1v) is 4.55. The van der Waals surface area contributed by atoms with E-state index in [1.807, 2.05) is 6.07 Å². The van der Waals surface area contributed by atoms with Gasteiger partial charge in [0.15, 0.2) is 0 Å². The zero-order valence-electron chi connectivity index (χ0n) is 9.11. The van der Waals surface area contributed by atoms with Crippen molar-refractivity contribution in [2.45, 2.75) is 6.42 Å². The van der Waals surface area contributed by atoms with Crippen LogP contribution in [0.3, 0.4) is 0 Å². The number of nitriles is 1. The Morgan fingerprint density at radius 2 is 2.19 bits per heavy atom. The van der Waals surface area contributed by atoms with Crippen molar-refractivity contribution in [3.8, 4) is 11.8 Å². The summed E-state index contributed by atoms with van der Waals surface area (Å²) in [6.07, 6.45) is 0.0220. The van der Waals surface area contributed by atoms with Crippen molar-refractivity contribution in [1.29, 1.82) is 5.26 Å². The molecule has 5 nitrogen and oxygen atoms in total. The number of carbonyl (C=O) groups excluding carboxylic acids is 1. The first-order chi connectivity index (χ1) is 7.62. The number of hydrogen-bond acceptors (Lipinski definition) is 5. The van der Waals surface area contributed by atoms with Gasteiger partial charge in [-0.25, -0.2) is 0 Å². The van der Waals surface area contributed by atoms with E-state index >= 15 is 0 Å². The number of nitrogen functional groups attached to an aromatic ring is 1. The summed E-state index contributed by atoms with van der Waals surface area (Å²) in [5.74, 6) is -0.0261. The molecule has 84 valence electrons. The number of hydrogen-bond donors (Lipinski definition) is 1. The quantitative estimate of drug-likeness (QED) is 0.603. The second kappa shape index (κ2) is 5.03. The number of benzene rings is 1. The summed E-state index contributed by atoms with van der Waals surface area (Å²) in [7, 11) is 2.75. The van der Waals surface area contributed by atoms with E-state index in [1.165, 1.54) is 20.3 Å². The highest BCUT2D eigenvalue weighted by Crippen LogP contribution is 2.27. The molecular weight excluding hydrogens is 208 g/mol. The van der Waals surface area contributed by atoms with Crippen LogP contribution >= 0.6 is 0 Å². The Morgan fingerprint density at radius 1 is 1.50 bits per heavy atom. The van der Waals surface area contributed by atoms with Crippen molar-refractivity contribution >= 4 is 11.7 Å². The smallest absolute Gasteiger partial charge is 0.310 e. The van der Waals surface area contributed by atoms with E-state index in [-0.39, 0.29) is 6.42 Å². The Morgan fingerprint density at radius 3 is 2.69 bits per heavy atom. The first kappa shape index (κ1) is 11.9. The highest BCUT2D eigenvalue weighted by atomic mass is 16.5. The SMILES string of the molecule is COC(=O)Cc1cc(C#N)cc(OC)c1N. The molecule has 0 bridgehead atoms. The summed E-state index contributed by atoms with van der Waals surface area (Å²) < 4.78 is 9.55. The van der Waals surface area contributed by atoms with Crippen LogP contribution in [-0.2, 0) is 16.0 Å². The molecule has 16 heavy (non-hydrogen) atoms. The fourth-order valence-corrected chi connectivity index (χ4v) is 1.29. The molecule has 0 spiro atoms. The second-order valence-corrected chi connectivity index (χ2v) is 3.12. The molecule has 0 saturated carbocycles. The van der Waals surface area contributed by atoms with E-state index in [0.717, 1.165) is 0 Å². The number of nitrogens with two attached hydrogens (primary N) is 1. The molecule has 5 heteroatoms. The van der Waals surface area contributed by atoms with Gasteiger partial charge in [-0.2, -0.15) is 5.26 Å². The maximum atomic E-state index is 11.1. The number of carbonyl (C=O) groups is 1. The third-order valence-corrected chi connectivity index (χ3v) is 2.14. The van der Waals surface area contributed by atoms with E-state index in [1.54, 1.807) is 6.07 Å². The van der Waals surface area contributed by atoms with E-state index in [2.05, 4.69) is 4.74 Å². The topological polar surface area (TPSA) is 85.3 Å². The number of esters is 1. The molecule has 1 aromatic rings. The van der Waals surface area contributed by atoms with Crippen molar-refractivity contribution in [2.24, 2.45) is 0 Å². The van der Waals surface area contributed by atoms with Crippen molar-refractivity contribution in [3.63, 3.8) is 0 Å². The van der Waals surface area contributed by atoms with Gasteiger partial charge in [-0.15, -0.1) is 0 Å². The molecule has 0 amide bonds. The molecule has 0 unspecified atom stereocenters. The van der Waals surface area contributed by atoms with Gasteiger partial charge in [0, 0.05) is 6.07 Å². The van der Waals surface area contributed by atoms with E-state index in [0.29, 0.717) is 22.6 Å². The molecule has 1 aromatic carbocycles. The van der Waals surface area contributed by atoms with Gasteiger partial charge in [-0.05, 0) is 11.6 Å². The largest absolute Gasteiger partial charge is 0.495 e. The van der Waals surface area contributed by atoms with Crippen LogP contribution in [0.15, 0.2) is 12.1 Å². The molecular formula is C11H12N2O3. The molecule has 0 aliphatic heterocycles. The lowest BCUT2D eigenvalue weighted by Crippen LogP contribution is -2.08. The normalized spacial score (nSPS) is 9.31. The fourth-order valence-electron chi connectivity index (χ4n) is 1.29. The predicted molar refractivity (Wildman–Crippen MR) is 57.8 cm³/mol. The lowest BCUT2D eigenvalue weighted by molar-refractivity contribution is -0.139. The monoisotopic (exact) mass is 220 g/mol. The molecule has 0 radical (unpaired) electrons. The zero-order chi connectivity index (χ0) is 12.1. The first-order valence-electron chi connectivity index (χ1n) is 4.55. The Labute approximate surface area is 93.4 Å². The minimum atomic E-state index is -0.413. The van der Waals surface area contributed by atoms with Crippen molar-refractivity contribution in [2.75, 3.05) is 20.0 Å². The zero-order valence-corrected chi connectivity index (χ0v) is 9.11. The van der Waals surface area contributed by atoms with E-state index < -0.39 is 5.97 Å². The van der Waals surface area contributed by atoms with E-state index in [9.17, 15) is 4.79 Å². The summed E-state index contributed by atoms with van der Waals surface area (Å²) in [5, 5.41) is 8.80. The highest BCUT2D eigenvalue weighted by molar-refractivity contribution is 5.76. The molecule has 0 aliphatic rings. The average molecular weight is 220 g/mol. The van der Waals surface area contributed by atoms with Crippen LogP contribution in [-0.4, -0.2) is 20.2 Å². The predicted octanol–water partition coefficient (Wildman–Crippen LogP) is 0.865. The molecule has 0 saturated heterocycles. The molecule has 0 atom stereocenters. The van der Waals surface area contributed by atoms with Crippen LogP contribution in [0.5, 0.6) is 5.75 Å². The molecule has 0 aromatic heterocycles. The summed E-state index contributed by atoms with van der Waals surface area (Å²) in [6, 6.07) is 5.05. The van der Waals surface area contributed by atoms with Crippen LogP contribution < -0.4 is 10.5 Å². The minimum Gasteiger partial charge on any atom is -0.495 e. The summed E-state index contributed by atoms with van der Waals surface area (Å²) in [6.45, 7) is 0. The van der Waals surface area contributed by atoms with Crippen LogP contribution in [0, 0.1) is 11.3 Å². The number of ether oxygens (including phenoxy) is 2. The summed E-state index contributed by atoms with van der Waals surface area (Å²) >= 11 is 0. The van der Waals surface area contributed by atoms with Gasteiger partial charge in [0.2, 0.25) is 0 Å². The molecule has 0 heterocycles. The Hall–Kier alpha value is -2.22. The number of anilines is 1. The van der Waals surface area contributed by atoms with Gasteiger partial charge in [0.05, 0.1) is 38.0 Å². The van der Waals surface area contributed by atoms with Crippen LogP contribution in [0.1, 0.15) is 11.1 Å². The van der Waals surface area contributed by atoms with Crippen molar-refractivity contribution < 1.29 is 14.3 Å². The maximum absolute atomic E-state index is 11.1. The number of nitrogens with zero attached hydrogens (tertiary/aromatic N) is 1. The third kappa shape index (κ3) is 2.42. The Kier molecular flexibility index (Phi) is 3.72. The summed E-state index contributed by atoms with van der Waals surface area (Å²) in [4.78, 5) is 11.1. The molecule has 0 aliphatic carbocycles. The van der Waals surface area contributed by atoms with Gasteiger partial charge in [0.25, 0.3) is 0 Å². The molecule has 0 fully saturated rings. The second-order valence-electron chi connectivity index (χ2n) is 3.12.